The topological polar surface area (TPSA) is 101 Å². The summed E-state index contributed by atoms with van der Waals surface area (Å²) < 4.78 is 0. The Kier molecular flexibility index (Phi) is 3.73. The smallest absolute Gasteiger partial charge is 0.244 e. The number of nitrogens with zero attached hydrogens (tertiary/aromatic N) is 5. The zero-order valence-corrected chi connectivity index (χ0v) is 12.0. The van der Waals surface area contributed by atoms with E-state index in [1.165, 1.54) is 4.80 Å². The van der Waals surface area contributed by atoms with Gasteiger partial charge in [0.15, 0.2) is 0 Å². The van der Waals surface area contributed by atoms with Crippen molar-refractivity contribution in [2.24, 2.45) is 0 Å². The van der Waals surface area contributed by atoms with Crippen LogP contribution in [0.5, 0.6) is 0 Å². The van der Waals surface area contributed by atoms with Crippen LogP contribution in [0.1, 0.15) is 18.5 Å². The minimum atomic E-state index is -0.182. The molecule has 0 fully saturated rings. The van der Waals surface area contributed by atoms with Gasteiger partial charge in [-0.25, -0.2) is 0 Å². The Morgan fingerprint density at radius 2 is 2.48 bits per heavy atom. The van der Waals surface area contributed by atoms with Gasteiger partial charge in [0.05, 0.1) is 12.2 Å². The largest absolute Gasteiger partial charge is 0.348 e. The molecule has 2 N–H and O–H groups in total. The lowest BCUT2D eigenvalue weighted by Gasteiger charge is -2.11. The molecule has 1 unspecified atom stereocenters. The van der Waals surface area contributed by atoms with Gasteiger partial charge in [-0.15, -0.1) is 10.2 Å². The fourth-order valence-electron chi connectivity index (χ4n) is 1.81. The van der Waals surface area contributed by atoms with Crippen molar-refractivity contribution in [1.82, 2.24) is 35.7 Å². The molecule has 0 radical (unpaired) electrons. The summed E-state index contributed by atoms with van der Waals surface area (Å²) in [7, 11) is 0. The third kappa shape index (κ3) is 3.14. The van der Waals surface area contributed by atoms with Crippen LogP contribution in [0.25, 0.3) is 11.4 Å². The van der Waals surface area contributed by atoms with E-state index < -0.39 is 0 Å². The second-order valence-corrected chi connectivity index (χ2v) is 5.26. The lowest BCUT2D eigenvalue weighted by atomic mass is 10.2. The van der Waals surface area contributed by atoms with E-state index in [0.717, 1.165) is 11.1 Å². The van der Waals surface area contributed by atoms with Gasteiger partial charge in [-0.2, -0.15) is 21.2 Å². The third-order valence-corrected chi connectivity index (χ3v) is 3.60. The molecule has 0 aliphatic rings. The highest BCUT2D eigenvalue weighted by atomic mass is 32.1. The number of nitrogens with one attached hydrogen (secondary N) is 2. The Morgan fingerprint density at radius 3 is 3.19 bits per heavy atom. The van der Waals surface area contributed by atoms with Crippen molar-refractivity contribution in [2.45, 2.75) is 19.5 Å². The van der Waals surface area contributed by atoms with Crippen molar-refractivity contribution in [2.75, 3.05) is 0 Å². The van der Waals surface area contributed by atoms with Gasteiger partial charge in [-0.1, -0.05) is 0 Å². The number of hydrogen-bond donors (Lipinski definition) is 2. The van der Waals surface area contributed by atoms with Gasteiger partial charge in [0, 0.05) is 22.7 Å². The number of carbonyl (C=O) groups excluding carboxylic acids is 1. The van der Waals surface area contributed by atoms with Gasteiger partial charge in [0.2, 0.25) is 11.7 Å². The number of aromatic amines is 1. The molecule has 0 aromatic carbocycles. The number of tetrazole rings is 1. The highest BCUT2D eigenvalue weighted by Crippen LogP contribution is 2.16. The molecule has 9 heteroatoms. The zero-order chi connectivity index (χ0) is 14.7. The number of H-pyrrole nitrogens is 1. The first-order valence-electron chi connectivity index (χ1n) is 6.31. The summed E-state index contributed by atoms with van der Waals surface area (Å²) in [4.78, 5) is 13.2. The standard InChI is InChI=1S/C12H13N7OS/c1-8(10-4-13-14-5-10)15-11(20)6-19-17-12(16-18-19)9-2-3-21-7-9/h2-5,7-8H,6H2,1H3,(H,13,14)(H,15,20). The molecule has 8 nitrogen and oxygen atoms in total. The second kappa shape index (κ2) is 5.83. The zero-order valence-electron chi connectivity index (χ0n) is 11.2. The molecule has 0 bridgehead atoms. The molecule has 21 heavy (non-hydrogen) atoms. The Hall–Kier alpha value is -2.55. The van der Waals surface area contributed by atoms with Crippen LogP contribution in [0.2, 0.25) is 0 Å². The summed E-state index contributed by atoms with van der Waals surface area (Å²) in [6, 6.07) is 1.78. The van der Waals surface area contributed by atoms with Crippen LogP contribution in [-0.2, 0) is 11.3 Å². The van der Waals surface area contributed by atoms with Gasteiger partial charge in [-0.05, 0) is 23.6 Å². The summed E-state index contributed by atoms with van der Waals surface area (Å²) >= 11 is 1.56. The summed E-state index contributed by atoms with van der Waals surface area (Å²) in [5, 5.41) is 25.3. The van der Waals surface area contributed by atoms with E-state index >= 15 is 0 Å². The van der Waals surface area contributed by atoms with Crippen molar-refractivity contribution in [1.29, 1.82) is 0 Å². The molecular formula is C12H13N7OS. The molecule has 0 aliphatic heterocycles. The normalized spacial score (nSPS) is 12.2. The molecular weight excluding hydrogens is 290 g/mol. The van der Waals surface area contributed by atoms with E-state index in [0.29, 0.717) is 5.82 Å². The van der Waals surface area contributed by atoms with Gasteiger partial charge in [0.1, 0.15) is 6.54 Å². The molecule has 0 spiro atoms. The summed E-state index contributed by atoms with van der Waals surface area (Å²) in [5.74, 6) is 0.338. The van der Waals surface area contributed by atoms with E-state index in [4.69, 9.17) is 0 Å². The molecule has 3 rings (SSSR count). The average molecular weight is 303 g/mol. The molecule has 108 valence electrons. The summed E-state index contributed by atoms with van der Waals surface area (Å²) in [6.07, 6.45) is 3.42. The number of rotatable bonds is 5. The molecule has 1 atom stereocenters. The van der Waals surface area contributed by atoms with Crippen LogP contribution in [0.15, 0.2) is 29.2 Å². The third-order valence-electron chi connectivity index (χ3n) is 2.91. The number of carbonyl (C=O) groups is 1. The Labute approximate surface area is 124 Å². The first-order valence-corrected chi connectivity index (χ1v) is 7.25. The molecule has 3 heterocycles. The average Bonchev–Trinajstić information content (AvgIpc) is 3.21. The van der Waals surface area contributed by atoms with Gasteiger partial charge in [0.25, 0.3) is 0 Å². The minimum Gasteiger partial charge on any atom is -0.348 e. The molecule has 1 amide bonds. The Bertz CT molecular complexity index is 704. The molecule has 0 saturated carbocycles. The lowest BCUT2D eigenvalue weighted by Crippen LogP contribution is -2.30. The quantitative estimate of drug-likeness (QED) is 0.732. The highest BCUT2D eigenvalue weighted by molar-refractivity contribution is 7.08. The Morgan fingerprint density at radius 1 is 1.57 bits per heavy atom. The predicted octanol–water partition coefficient (Wildman–Crippen LogP) is 1.00. The number of hydrogen-bond acceptors (Lipinski definition) is 6. The van der Waals surface area contributed by atoms with Gasteiger partial charge in [-0.3, -0.25) is 9.89 Å². The van der Waals surface area contributed by atoms with E-state index in [2.05, 4.69) is 30.9 Å². The van der Waals surface area contributed by atoms with Crippen molar-refractivity contribution in [3.05, 3.63) is 34.8 Å². The van der Waals surface area contributed by atoms with Crippen LogP contribution in [0.3, 0.4) is 0 Å². The van der Waals surface area contributed by atoms with Crippen LogP contribution < -0.4 is 5.32 Å². The van der Waals surface area contributed by atoms with Crippen molar-refractivity contribution < 1.29 is 4.79 Å². The molecule has 3 aromatic heterocycles. The summed E-state index contributed by atoms with van der Waals surface area (Å²) in [6.45, 7) is 1.91. The first kappa shape index (κ1) is 13.4. The first-order chi connectivity index (χ1) is 10.2. The fourth-order valence-corrected chi connectivity index (χ4v) is 2.45. The summed E-state index contributed by atoms with van der Waals surface area (Å²) in [5.41, 5.74) is 1.81. The van der Waals surface area contributed by atoms with Crippen LogP contribution >= 0.6 is 11.3 Å². The monoisotopic (exact) mass is 303 g/mol. The van der Waals surface area contributed by atoms with Crippen molar-refractivity contribution in [3.8, 4) is 11.4 Å². The number of aromatic nitrogens is 6. The Balaban J connectivity index is 1.60. The highest BCUT2D eigenvalue weighted by Gasteiger charge is 2.13. The van der Waals surface area contributed by atoms with E-state index in [1.54, 1.807) is 23.7 Å². The van der Waals surface area contributed by atoms with Crippen LogP contribution in [0, 0.1) is 0 Å². The van der Waals surface area contributed by atoms with Crippen molar-refractivity contribution in [3.63, 3.8) is 0 Å². The number of thiophene rings is 1. The predicted molar refractivity (Wildman–Crippen MR) is 76.3 cm³/mol. The van der Waals surface area contributed by atoms with E-state index in [1.807, 2.05) is 23.8 Å². The fraction of sp³-hybridized carbons (Fsp3) is 0.250. The molecule has 0 aliphatic carbocycles. The van der Waals surface area contributed by atoms with E-state index in [9.17, 15) is 4.79 Å². The van der Waals surface area contributed by atoms with Crippen LogP contribution in [-0.4, -0.2) is 36.3 Å². The van der Waals surface area contributed by atoms with Gasteiger partial charge < -0.3 is 5.32 Å². The SMILES string of the molecule is CC(NC(=O)Cn1nnc(-c2ccsc2)n1)c1cn[nH]c1. The van der Waals surface area contributed by atoms with Crippen molar-refractivity contribution >= 4 is 17.2 Å². The number of amides is 1. The maximum absolute atomic E-state index is 11.9. The second-order valence-electron chi connectivity index (χ2n) is 4.48. The van der Waals surface area contributed by atoms with E-state index in [-0.39, 0.29) is 18.5 Å². The van der Waals surface area contributed by atoms with Gasteiger partial charge >= 0.3 is 0 Å². The maximum atomic E-state index is 11.9. The molecule has 0 saturated heterocycles. The maximum Gasteiger partial charge on any atom is 0.244 e. The lowest BCUT2D eigenvalue weighted by molar-refractivity contribution is -0.122. The minimum absolute atomic E-state index is 0.0271. The van der Waals surface area contributed by atoms with Crippen LogP contribution in [0.4, 0.5) is 0 Å². The molecule has 3 aromatic rings.